The number of pyridine rings is 1. The molecule has 4 nitrogen and oxygen atoms in total. The van der Waals surface area contributed by atoms with Crippen molar-refractivity contribution < 1.29 is 9.53 Å². The van der Waals surface area contributed by atoms with Crippen LogP contribution < -0.4 is 5.73 Å². The van der Waals surface area contributed by atoms with E-state index in [-0.39, 0.29) is 5.97 Å². The van der Waals surface area contributed by atoms with Crippen LogP contribution in [0.2, 0.25) is 0 Å². The van der Waals surface area contributed by atoms with Crippen LogP contribution in [0.4, 0.5) is 5.82 Å². The first-order chi connectivity index (χ1) is 6.70. The SMILES string of the molecule is CCOC(=O)CC.Nc1ccccn1. The van der Waals surface area contributed by atoms with Gasteiger partial charge in [-0.2, -0.15) is 0 Å². The standard InChI is InChI=1S/C5H6N2.C5H10O2/c6-5-3-1-2-4-7-5;1-3-5(6)7-4-2/h1-4H,(H2,6,7);3-4H2,1-2H3. The summed E-state index contributed by atoms with van der Waals surface area (Å²) in [7, 11) is 0. The van der Waals surface area contributed by atoms with E-state index in [1.807, 2.05) is 12.1 Å². The smallest absolute Gasteiger partial charge is 0.305 e. The fraction of sp³-hybridized carbons (Fsp3) is 0.400. The highest BCUT2D eigenvalue weighted by Gasteiger charge is 1.91. The third-order valence-electron chi connectivity index (χ3n) is 1.28. The Labute approximate surface area is 84.1 Å². The number of nitrogens with zero attached hydrogens (tertiary/aromatic N) is 1. The number of nitrogens with two attached hydrogens (primary N) is 1. The molecule has 0 radical (unpaired) electrons. The van der Waals surface area contributed by atoms with E-state index in [0.717, 1.165) is 0 Å². The monoisotopic (exact) mass is 196 g/mol. The molecule has 0 aliphatic rings. The molecule has 0 saturated heterocycles. The van der Waals surface area contributed by atoms with Crippen LogP contribution in [0.15, 0.2) is 24.4 Å². The molecule has 4 heteroatoms. The number of hydrogen-bond acceptors (Lipinski definition) is 4. The van der Waals surface area contributed by atoms with Gasteiger partial charge in [0.15, 0.2) is 0 Å². The average Bonchev–Trinajstić information content (AvgIpc) is 2.20. The number of carbonyl (C=O) groups is 1. The lowest BCUT2D eigenvalue weighted by molar-refractivity contribution is -0.142. The molecule has 1 aromatic heterocycles. The van der Waals surface area contributed by atoms with Gasteiger partial charge in [0.05, 0.1) is 6.61 Å². The van der Waals surface area contributed by atoms with Crippen molar-refractivity contribution in [3.63, 3.8) is 0 Å². The zero-order valence-corrected chi connectivity index (χ0v) is 8.56. The van der Waals surface area contributed by atoms with Crippen molar-refractivity contribution in [3.8, 4) is 0 Å². The summed E-state index contributed by atoms with van der Waals surface area (Å²) in [5, 5.41) is 0. The highest BCUT2D eigenvalue weighted by atomic mass is 16.5. The molecular formula is C10H16N2O2. The van der Waals surface area contributed by atoms with E-state index in [1.54, 1.807) is 26.1 Å². The molecule has 0 spiro atoms. The average molecular weight is 196 g/mol. The molecular weight excluding hydrogens is 180 g/mol. The zero-order valence-electron chi connectivity index (χ0n) is 8.56. The molecule has 78 valence electrons. The fourth-order valence-electron chi connectivity index (χ4n) is 0.639. The van der Waals surface area contributed by atoms with Gasteiger partial charge in [0.2, 0.25) is 0 Å². The van der Waals surface area contributed by atoms with Crippen molar-refractivity contribution in [1.82, 2.24) is 4.98 Å². The van der Waals surface area contributed by atoms with Gasteiger partial charge in [-0.15, -0.1) is 0 Å². The maximum atomic E-state index is 10.2. The van der Waals surface area contributed by atoms with Gasteiger partial charge in [-0.05, 0) is 19.1 Å². The first-order valence-electron chi connectivity index (χ1n) is 4.52. The Bertz CT molecular complexity index is 250. The summed E-state index contributed by atoms with van der Waals surface area (Å²) in [6.45, 7) is 4.07. The number of ether oxygens (including phenoxy) is 1. The highest BCUT2D eigenvalue weighted by molar-refractivity contribution is 5.68. The summed E-state index contributed by atoms with van der Waals surface area (Å²) < 4.78 is 4.55. The van der Waals surface area contributed by atoms with Gasteiger partial charge >= 0.3 is 5.97 Å². The normalized spacial score (nSPS) is 8.43. The number of aromatic nitrogens is 1. The zero-order chi connectivity index (χ0) is 10.8. The van der Waals surface area contributed by atoms with Crippen LogP contribution >= 0.6 is 0 Å². The number of hydrogen-bond donors (Lipinski definition) is 1. The van der Waals surface area contributed by atoms with Crippen LogP contribution in [-0.2, 0) is 9.53 Å². The second-order valence-corrected chi connectivity index (χ2v) is 2.41. The Morgan fingerprint density at radius 1 is 1.50 bits per heavy atom. The van der Waals surface area contributed by atoms with Crippen LogP contribution in [0.3, 0.4) is 0 Å². The van der Waals surface area contributed by atoms with Crippen molar-refractivity contribution in [3.05, 3.63) is 24.4 Å². The van der Waals surface area contributed by atoms with Crippen molar-refractivity contribution in [1.29, 1.82) is 0 Å². The van der Waals surface area contributed by atoms with Gasteiger partial charge in [-0.25, -0.2) is 4.98 Å². The predicted octanol–water partition coefficient (Wildman–Crippen LogP) is 1.62. The lowest BCUT2D eigenvalue weighted by Gasteiger charge is -1.93. The van der Waals surface area contributed by atoms with Crippen LogP contribution in [0.1, 0.15) is 20.3 Å². The van der Waals surface area contributed by atoms with Crippen molar-refractivity contribution in [2.45, 2.75) is 20.3 Å². The molecule has 0 atom stereocenters. The van der Waals surface area contributed by atoms with Gasteiger partial charge in [0.1, 0.15) is 5.82 Å². The Hall–Kier alpha value is -1.58. The Balaban J connectivity index is 0.000000241. The Kier molecular flexibility index (Phi) is 7.13. The molecule has 0 aromatic carbocycles. The van der Waals surface area contributed by atoms with Crippen molar-refractivity contribution in [2.24, 2.45) is 0 Å². The summed E-state index contributed by atoms with van der Waals surface area (Å²) in [6.07, 6.45) is 2.14. The van der Waals surface area contributed by atoms with E-state index in [9.17, 15) is 4.79 Å². The fourth-order valence-corrected chi connectivity index (χ4v) is 0.639. The van der Waals surface area contributed by atoms with Crippen LogP contribution in [0.5, 0.6) is 0 Å². The maximum Gasteiger partial charge on any atom is 0.305 e. The summed E-state index contributed by atoms with van der Waals surface area (Å²) in [6, 6.07) is 5.43. The number of nitrogen functional groups attached to an aromatic ring is 1. The third kappa shape index (κ3) is 7.09. The summed E-state index contributed by atoms with van der Waals surface area (Å²) in [5.74, 6) is 0.449. The molecule has 0 saturated carbocycles. The van der Waals surface area contributed by atoms with E-state index < -0.39 is 0 Å². The predicted molar refractivity (Wildman–Crippen MR) is 55.6 cm³/mol. The molecule has 0 fully saturated rings. The molecule has 2 N–H and O–H groups in total. The third-order valence-corrected chi connectivity index (χ3v) is 1.28. The quantitative estimate of drug-likeness (QED) is 0.730. The first-order valence-corrected chi connectivity index (χ1v) is 4.52. The molecule has 0 aliphatic heterocycles. The van der Waals surface area contributed by atoms with E-state index in [4.69, 9.17) is 5.73 Å². The lowest BCUT2D eigenvalue weighted by atomic mass is 10.5. The number of esters is 1. The maximum absolute atomic E-state index is 10.2. The summed E-state index contributed by atoms with van der Waals surface area (Å²) in [5.41, 5.74) is 5.25. The summed E-state index contributed by atoms with van der Waals surface area (Å²) in [4.78, 5) is 13.9. The van der Waals surface area contributed by atoms with Crippen molar-refractivity contribution >= 4 is 11.8 Å². The van der Waals surface area contributed by atoms with E-state index in [0.29, 0.717) is 18.8 Å². The second-order valence-electron chi connectivity index (χ2n) is 2.41. The van der Waals surface area contributed by atoms with Crippen molar-refractivity contribution in [2.75, 3.05) is 12.3 Å². The van der Waals surface area contributed by atoms with E-state index >= 15 is 0 Å². The van der Waals surface area contributed by atoms with Gasteiger partial charge in [0, 0.05) is 12.6 Å². The largest absolute Gasteiger partial charge is 0.466 e. The summed E-state index contributed by atoms with van der Waals surface area (Å²) >= 11 is 0. The van der Waals surface area contributed by atoms with Gasteiger partial charge in [0.25, 0.3) is 0 Å². The molecule has 1 heterocycles. The molecule has 0 bridgehead atoms. The minimum absolute atomic E-state index is 0.123. The Morgan fingerprint density at radius 3 is 2.43 bits per heavy atom. The number of carbonyl (C=O) groups excluding carboxylic acids is 1. The number of anilines is 1. The van der Waals surface area contributed by atoms with Gasteiger partial charge < -0.3 is 10.5 Å². The molecule has 0 aliphatic carbocycles. The first kappa shape index (κ1) is 12.4. The van der Waals surface area contributed by atoms with E-state index in [2.05, 4.69) is 9.72 Å². The Morgan fingerprint density at radius 2 is 2.21 bits per heavy atom. The minimum Gasteiger partial charge on any atom is -0.466 e. The molecule has 0 unspecified atom stereocenters. The molecule has 14 heavy (non-hydrogen) atoms. The molecule has 0 amide bonds. The molecule has 1 rings (SSSR count). The lowest BCUT2D eigenvalue weighted by Crippen LogP contribution is -2.00. The second kappa shape index (κ2) is 8.04. The topological polar surface area (TPSA) is 65.2 Å². The van der Waals surface area contributed by atoms with Crippen LogP contribution in [-0.4, -0.2) is 17.6 Å². The van der Waals surface area contributed by atoms with Gasteiger partial charge in [-0.1, -0.05) is 13.0 Å². The van der Waals surface area contributed by atoms with Gasteiger partial charge in [-0.3, -0.25) is 4.79 Å². The van der Waals surface area contributed by atoms with E-state index in [1.165, 1.54) is 0 Å². The highest BCUT2D eigenvalue weighted by Crippen LogP contribution is 1.89. The van der Waals surface area contributed by atoms with Crippen LogP contribution in [0.25, 0.3) is 0 Å². The minimum atomic E-state index is -0.123. The number of rotatable bonds is 2. The molecule has 1 aromatic rings. The van der Waals surface area contributed by atoms with Crippen LogP contribution in [0, 0.1) is 0 Å².